The molecule has 0 spiro atoms. The molecule has 2 atom stereocenters. The third-order valence-electron chi connectivity index (χ3n) is 3.92. The van der Waals surface area contributed by atoms with E-state index in [1.807, 2.05) is 38.1 Å². The van der Waals surface area contributed by atoms with Crippen molar-refractivity contribution >= 4 is 11.6 Å². The van der Waals surface area contributed by atoms with Crippen molar-refractivity contribution in [3.8, 4) is 0 Å². The highest BCUT2D eigenvalue weighted by atomic mass is 16.2. The number of aryl methyl sites for hydroxylation is 1. The number of carbonyl (C=O) groups excluding carboxylic acids is 1. The maximum atomic E-state index is 12.2. The highest BCUT2D eigenvalue weighted by Gasteiger charge is 2.26. The number of rotatable bonds is 4. The Labute approximate surface area is 121 Å². The van der Waals surface area contributed by atoms with E-state index in [0.29, 0.717) is 12.6 Å². The number of carbonyl (C=O) groups is 1. The van der Waals surface area contributed by atoms with Crippen molar-refractivity contribution in [2.24, 2.45) is 5.73 Å². The topological polar surface area (TPSA) is 58.4 Å². The molecule has 4 heteroatoms. The molecule has 1 aromatic rings. The largest absolute Gasteiger partial charge is 0.327 e. The number of anilines is 1. The number of hydrogen-bond donors (Lipinski definition) is 2. The van der Waals surface area contributed by atoms with Crippen molar-refractivity contribution in [3.05, 3.63) is 29.8 Å². The van der Waals surface area contributed by atoms with Crippen LogP contribution < -0.4 is 11.1 Å². The molecule has 110 valence electrons. The molecule has 1 amide bonds. The molecular formula is C16H25N3O. The fourth-order valence-corrected chi connectivity index (χ4v) is 2.92. The molecule has 1 heterocycles. The highest BCUT2D eigenvalue weighted by Crippen LogP contribution is 2.19. The Balaban J connectivity index is 1.93. The second-order valence-electron chi connectivity index (χ2n) is 5.81. The smallest absolute Gasteiger partial charge is 0.238 e. The number of nitrogens with two attached hydrogens (primary N) is 1. The van der Waals surface area contributed by atoms with E-state index in [2.05, 4.69) is 10.2 Å². The van der Waals surface area contributed by atoms with E-state index >= 15 is 0 Å². The monoisotopic (exact) mass is 275 g/mol. The molecule has 20 heavy (non-hydrogen) atoms. The summed E-state index contributed by atoms with van der Waals surface area (Å²) in [6, 6.07) is 8.32. The minimum absolute atomic E-state index is 0.0446. The quantitative estimate of drug-likeness (QED) is 0.885. The summed E-state index contributed by atoms with van der Waals surface area (Å²) >= 11 is 0. The lowest BCUT2D eigenvalue weighted by molar-refractivity contribution is -0.118. The van der Waals surface area contributed by atoms with E-state index in [-0.39, 0.29) is 11.9 Å². The van der Waals surface area contributed by atoms with E-state index in [1.165, 1.54) is 6.42 Å². The van der Waals surface area contributed by atoms with Crippen LogP contribution in [0.5, 0.6) is 0 Å². The van der Waals surface area contributed by atoms with Gasteiger partial charge in [0.25, 0.3) is 0 Å². The van der Waals surface area contributed by atoms with Crippen molar-refractivity contribution in [3.63, 3.8) is 0 Å². The maximum absolute atomic E-state index is 12.2. The number of nitrogens with zero attached hydrogens (tertiary/aromatic N) is 1. The van der Waals surface area contributed by atoms with E-state index in [9.17, 15) is 4.79 Å². The molecule has 1 fully saturated rings. The van der Waals surface area contributed by atoms with Crippen LogP contribution in [-0.4, -0.2) is 36.0 Å². The van der Waals surface area contributed by atoms with Crippen LogP contribution in [0.4, 0.5) is 5.69 Å². The van der Waals surface area contributed by atoms with Gasteiger partial charge in [0, 0.05) is 17.8 Å². The summed E-state index contributed by atoms with van der Waals surface area (Å²) in [6.07, 6.45) is 3.46. The van der Waals surface area contributed by atoms with Gasteiger partial charge in [0.15, 0.2) is 0 Å². The number of hydrogen-bond acceptors (Lipinski definition) is 3. The number of benzene rings is 1. The van der Waals surface area contributed by atoms with E-state index in [1.54, 1.807) is 0 Å². The van der Waals surface area contributed by atoms with Crippen molar-refractivity contribution in [2.75, 3.05) is 18.4 Å². The molecule has 1 aliphatic heterocycles. The molecule has 0 aliphatic carbocycles. The van der Waals surface area contributed by atoms with E-state index < -0.39 is 0 Å². The normalized spacial score (nSPS) is 21.4. The summed E-state index contributed by atoms with van der Waals surface area (Å²) in [5.74, 6) is 0.0446. The van der Waals surface area contributed by atoms with Gasteiger partial charge in [-0.25, -0.2) is 0 Å². The van der Waals surface area contributed by atoms with Gasteiger partial charge in [0.05, 0.1) is 6.54 Å². The minimum Gasteiger partial charge on any atom is -0.327 e. The van der Waals surface area contributed by atoms with Crippen LogP contribution >= 0.6 is 0 Å². The zero-order valence-corrected chi connectivity index (χ0v) is 12.4. The molecule has 0 saturated carbocycles. The highest BCUT2D eigenvalue weighted by molar-refractivity contribution is 5.92. The maximum Gasteiger partial charge on any atom is 0.238 e. The fraction of sp³-hybridized carbons (Fsp3) is 0.562. The van der Waals surface area contributed by atoms with Gasteiger partial charge in [-0.1, -0.05) is 18.6 Å². The zero-order valence-electron chi connectivity index (χ0n) is 12.4. The molecule has 0 bridgehead atoms. The van der Waals surface area contributed by atoms with Crippen LogP contribution in [-0.2, 0) is 4.79 Å². The fourth-order valence-electron chi connectivity index (χ4n) is 2.92. The average molecular weight is 275 g/mol. The zero-order chi connectivity index (χ0) is 14.5. The SMILES string of the molecule is Cc1cccc(NC(=O)CN2CCCCC2C(C)N)c1. The Morgan fingerprint density at radius 1 is 1.50 bits per heavy atom. The van der Waals surface area contributed by atoms with Gasteiger partial charge in [-0.3, -0.25) is 9.69 Å². The second kappa shape index (κ2) is 6.86. The Morgan fingerprint density at radius 2 is 2.30 bits per heavy atom. The Kier molecular flexibility index (Phi) is 5.15. The average Bonchev–Trinajstić information content (AvgIpc) is 2.38. The number of likely N-dealkylation sites (tertiary alicyclic amines) is 1. The number of amides is 1. The Hall–Kier alpha value is -1.39. The molecule has 1 aromatic carbocycles. The molecule has 0 aromatic heterocycles. The van der Waals surface area contributed by atoms with Crippen molar-refractivity contribution in [2.45, 2.75) is 45.2 Å². The predicted molar refractivity (Wildman–Crippen MR) is 82.7 cm³/mol. The van der Waals surface area contributed by atoms with Gasteiger partial charge in [-0.2, -0.15) is 0 Å². The van der Waals surface area contributed by atoms with Gasteiger partial charge in [0.1, 0.15) is 0 Å². The lowest BCUT2D eigenvalue weighted by atomic mass is 9.97. The van der Waals surface area contributed by atoms with Crippen LogP contribution in [0.2, 0.25) is 0 Å². The standard InChI is InChI=1S/C16H25N3O/c1-12-6-5-7-14(10-12)18-16(20)11-19-9-4-3-8-15(19)13(2)17/h5-7,10,13,15H,3-4,8-9,11,17H2,1-2H3,(H,18,20). The van der Waals surface area contributed by atoms with Gasteiger partial charge >= 0.3 is 0 Å². The molecule has 3 N–H and O–H groups in total. The van der Waals surface area contributed by atoms with Crippen LogP contribution in [0.3, 0.4) is 0 Å². The molecule has 1 aliphatic rings. The molecule has 2 unspecified atom stereocenters. The first-order chi connectivity index (χ1) is 9.56. The summed E-state index contributed by atoms with van der Waals surface area (Å²) < 4.78 is 0. The molecule has 2 rings (SSSR count). The van der Waals surface area contributed by atoms with Crippen molar-refractivity contribution in [1.82, 2.24) is 4.90 Å². The summed E-state index contributed by atoms with van der Waals surface area (Å²) in [6.45, 7) is 5.45. The molecule has 4 nitrogen and oxygen atoms in total. The van der Waals surface area contributed by atoms with E-state index in [0.717, 1.165) is 30.6 Å². The predicted octanol–water partition coefficient (Wildman–Crippen LogP) is 2.14. The van der Waals surface area contributed by atoms with Crippen LogP contribution in [0, 0.1) is 6.92 Å². The van der Waals surface area contributed by atoms with Crippen molar-refractivity contribution < 1.29 is 4.79 Å². The summed E-state index contributed by atoms with van der Waals surface area (Å²) in [5.41, 5.74) is 8.04. The van der Waals surface area contributed by atoms with Gasteiger partial charge < -0.3 is 11.1 Å². The van der Waals surface area contributed by atoms with Crippen LogP contribution in [0.1, 0.15) is 31.7 Å². The number of nitrogens with one attached hydrogen (secondary N) is 1. The molecule has 1 saturated heterocycles. The molecule has 0 radical (unpaired) electrons. The first-order valence-corrected chi connectivity index (χ1v) is 7.42. The summed E-state index contributed by atoms with van der Waals surface area (Å²) in [5, 5.41) is 2.97. The van der Waals surface area contributed by atoms with E-state index in [4.69, 9.17) is 5.73 Å². The first-order valence-electron chi connectivity index (χ1n) is 7.42. The lowest BCUT2D eigenvalue weighted by Gasteiger charge is -2.37. The van der Waals surface area contributed by atoms with Gasteiger partial charge in [-0.15, -0.1) is 0 Å². The van der Waals surface area contributed by atoms with Gasteiger partial charge in [-0.05, 0) is 50.9 Å². The second-order valence-corrected chi connectivity index (χ2v) is 5.81. The van der Waals surface area contributed by atoms with Crippen LogP contribution in [0.15, 0.2) is 24.3 Å². The Morgan fingerprint density at radius 3 is 3.00 bits per heavy atom. The first kappa shape index (κ1) is 15.0. The van der Waals surface area contributed by atoms with Crippen molar-refractivity contribution in [1.29, 1.82) is 0 Å². The number of piperidine rings is 1. The lowest BCUT2D eigenvalue weighted by Crippen LogP contribution is -2.51. The summed E-state index contributed by atoms with van der Waals surface area (Å²) in [4.78, 5) is 14.4. The minimum atomic E-state index is 0.0446. The van der Waals surface area contributed by atoms with Gasteiger partial charge in [0.2, 0.25) is 5.91 Å². The third kappa shape index (κ3) is 4.05. The third-order valence-corrected chi connectivity index (χ3v) is 3.92. The van der Waals surface area contributed by atoms with Crippen LogP contribution in [0.25, 0.3) is 0 Å². The summed E-state index contributed by atoms with van der Waals surface area (Å²) in [7, 11) is 0. The Bertz CT molecular complexity index is 459. The molecular weight excluding hydrogens is 250 g/mol.